The molecule has 5 heteroatoms. The first-order valence-electron chi connectivity index (χ1n) is 7.09. The molecule has 1 aromatic carbocycles. The second kappa shape index (κ2) is 5.14. The van der Waals surface area contributed by atoms with E-state index < -0.39 is 12.0 Å². The van der Waals surface area contributed by atoms with Crippen molar-refractivity contribution in [2.24, 2.45) is 5.41 Å². The molecule has 21 heavy (non-hydrogen) atoms. The topological polar surface area (TPSA) is 56.3 Å². The van der Waals surface area contributed by atoms with Crippen LogP contribution in [0.5, 0.6) is 0 Å². The Morgan fingerprint density at radius 3 is 2.86 bits per heavy atom. The van der Waals surface area contributed by atoms with Crippen molar-refractivity contribution in [2.75, 3.05) is 6.54 Å². The number of nitrogens with zero attached hydrogens (tertiary/aromatic N) is 1. The van der Waals surface area contributed by atoms with Crippen LogP contribution in [-0.4, -0.2) is 33.5 Å². The van der Waals surface area contributed by atoms with Crippen LogP contribution in [-0.2, 0) is 11.3 Å². The molecule has 0 aliphatic carbocycles. The first-order chi connectivity index (χ1) is 9.87. The number of aromatic amines is 1. The fourth-order valence-electron chi connectivity index (χ4n) is 3.26. The Bertz CT molecular complexity index is 693. The van der Waals surface area contributed by atoms with E-state index in [0.29, 0.717) is 13.0 Å². The van der Waals surface area contributed by atoms with E-state index in [2.05, 4.69) is 45.7 Å². The van der Waals surface area contributed by atoms with E-state index in [0.717, 1.165) is 27.6 Å². The molecule has 0 amide bonds. The van der Waals surface area contributed by atoms with E-state index in [-0.39, 0.29) is 5.41 Å². The van der Waals surface area contributed by atoms with Crippen LogP contribution in [0.4, 0.5) is 0 Å². The van der Waals surface area contributed by atoms with Gasteiger partial charge in [-0.25, -0.2) is 0 Å². The summed E-state index contributed by atoms with van der Waals surface area (Å²) in [6.07, 6.45) is 0.695. The highest BCUT2D eigenvalue weighted by atomic mass is 79.9. The number of nitrogens with one attached hydrogen (secondary N) is 1. The minimum atomic E-state index is -0.729. The molecule has 1 saturated heterocycles. The molecule has 2 N–H and O–H groups in total. The molecule has 1 aromatic heterocycles. The maximum absolute atomic E-state index is 11.5. The first-order valence-corrected chi connectivity index (χ1v) is 7.89. The van der Waals surface area contributed by atoms with Gasteiger partial charge in [0.15, 0.2) is 0 Å². The number of H-pyrrole nitrogens is 1. The SMILES string of the molecule is CC1(C)CC(C(=O)O)N(Cc2[nH]c3ccccc3c2Br)C1. The molecule has 1 fully saturated rings. The predicted molar refractivity (Wildman–Crippen MR) is 86.2 cm³/mol. The number of para-hydroxylation sites is 1. The molecule has 1 aliphatic heterocycles. The van der Waals surface area contributed by atoms with E-state index in [1.165, 1.54) is 0 Å². The minimum absolute atomic E-state index is 0.0432. The minimum Gasteiger partial charge on any atom is -0.480 e. The number of aliphatic carboxylic acids is 1. The number of aromatic nitrogens is 1. The van der Waals surface area contributed by atoms with Crippen LogP contribution < -0.4 is 0 Å². The zero-order valence-electron chi connectivity index (χ0n) is 12.2. The molecule has 1 aliphatic rings. The Labute approximate surface area is 132 Å². The van der Waals surface area contributed by atoms with E-state index in [4.69, 9.17) is 0 Å². The van der Waals surface area contributed by atoms with Gasteiger partial charge in [-0.2, -0.15) is 0 Å². The average molecular weight is 351 g/mol. The van der Waals surface area contributed by atoms with Crippen LogP contribution in [0, 0.1) is 5.41 Å². The Kier molecular flexibility index (Phi) is 3.58. The number of halogens is 1. The van der Waals surface area contributed by atoms with Gasteiger partial charge in [-0.3, -0.25) is 9.69 Å². The lowest BCUT2D eigenvalue weighted by atomic mass is 9.91. The second-order valence-electron chi connectivity index (χ2n) is 6.59. The number of carboxylic acid groups (broad SMARTS) is 1. The zero-order valence-corrected chi connectivity index (χ0v) is 13.8. The maximum atomic E-state index is 11.5. The number of rotatable bonds is 3. The van der Waals surface area contributed by atoms with Crippen molar-refractivity contribution in [2.45, 2.75) is 32.9 Å². The predicted octanol–water partition coefficient (Wildman–Crippen LogP) is 3.62. The van der Waals surface area contributed by atoms with Gasteiger partial charge in [0.25, 0.3) is 0 Å². The monoisotopic (exact) mass is 350 g/mol. The summed E-state index contributed by atoms with van der Waals surface area (Å²) in [4.78, 5) is 16.9. The van der Waals surface area contributed by atoms with Gasteiger partial charge < -0.3 is 10.1 Å². The second-order valence-corrected chi connectivity index (χ2v) is 7.38. The molecule has 0 radical (unpaired) electrons. The van der Waals surface area contributed by atoms with Gasteiger partial charge in [0.05, 0.1) is 0 Å². The van der Waals surface area contributed by atoms with Gasteiger partial charge in [0.1, 0.15) is 6.04 Å². The third kappa shape index (κ3) is 2.72. The van der Waals surface area contributed by atoms with Crippen molar-refractivity contribution < 1.29 is 9.90 Å². The number of carbonyl (C=O) groups is 1. The number of fused-ring (bicyclic) bond motifs is 1. The van der Waals surface area contributed by atoms with Crippen molar-refractivity contribution >= 4 is 32.8 Å². The fraction of sp³-hybridized carbons (Fsp3) is 0.438. The maximum Gasteiger partial charge on any atom is 0.320 e. The lowest BCUT2D eigenvalue weighted by Crippen LogP contribution is -2.35. The molecule has 0 bridgehead atoms. The number of benzene rings is 1. The van der Waals surface area contributed by atoms with Crippen LogP contribution in [0.25, 0.3) is 10.9 Å². The summed E-state index contributed by atoms with van der Waals surface area (Å²) in [7, 11) is 0. The van der Waals surface area contributed by atoms with Gasteiger partial charge in [-0.15, -0.1) is 0 Å². The molecule has 1 atom stereocenters. The van der Waals surface area contributed by atoms with Crippen LogP contribution in [0.3, 0.4) is 0 Å². The van der Waals surface area contributed by atoms with E-state index in [1.807, 2.05) is 18.2 Å². The summed E-state index contributed by atoms with van der Waals surface area (Å²) in [6.45, 7) is 5.67. The van der Waals surface area contributed by atoms with Crippen molar-refractivity contribution in [3.05, 3.63) is 34.4 Å². The highest BCUT2D eigenvalue weighted by Gasteiger charge is 2.41. The van der Waals surface area contributed by atoms with Crippen LogP contribution >= 0.6 is 15.9 Å². The van der Waals surface area contributed by atoms with Crippen molar-refractivity contribution in [3.8, 4) is 0 Å². The molecule has 3 rings (SSSR count). The fourth-order valence-corrected chi connectivity index (χ4v) is 3.83. The summed E-state index contributed by atoms with van der Waals surface area (Å²) in [5, 5.41) is 10.6. The molecule has 4 nitrogen and oxygen atoms in total. The quantitative estimate of drug-likeness (QED) is 0.888. The molecule has 112 valence electrons. The van der Waals surface area contributed by atoms with Crippen LogP contribution in [0.2, 0.25) is 0 Å². The van der Waals surface area contributed by atoms with Crippen molar-refractivity contribution in [3.63, 3.8) is 0 Å². The summed E-state index contributed by atoms with van der Waals surface area (Å²) in [5.74, 6) is -0.729. The summed E-state index contributed by atoms with van der Waals surface area (Å²) < 4.78 is 1.03. The largest absolute Gasteiger partial charge is 0.480 e. The Morgan fingerprint density at radius 2 is 2.19 bits per heavy atom. The average Bonchev–Trinajstić information content (AvgIpc) is 2.89. The van der Waals surface area contributed by atoms with Gasteiger partial charge in [0.2, 0.25) is 0 Å². The third-order valence-electron chi connectivity index (χ3n) is 4.18. The smallest absolute Gasteiger partial charge is 0.320 e. The van der Waals surface area contributed by atoms with E-state index >= 15 is 0 Å². The number of hydrogen-bond donors (Lipinski definition) is 2. The highest BCUT2D eigenvalue weighted by molar-refractivity contribution is 9.10. The lowest BCUT2D eigenvalue weighted by molar-refractivity contribution is -0.142. The van der Waals surface area contributed by atoms with Crippen LogP contribution in [0.15, 0.2) is 28.7 Å². The van der Waals surface area contributed by atoms with E-state index in [1.54, 1.807) is 0 Å². The summed E-state index contributed by atoms with van der Waals surface area (Å²) in [5.41, 5.74) is 2.16. The zero-order chi connectivity index (χ0) is 15.2. The first kappa shape index (κ1) is 14.6. The lowest BCUT2D eigenvalue weighted by Gasteiger charge is -2.21. The number of carboxylic acids is 1. The van der Waals surface area contributed by atoms with Gasteiger partial charge in [-0.1, -0.05) is 32.0 Å². The summed E-state index contributed by atoms with van der Waals surface area (Å²) in [6, 6.07) is 7.68. The molecule has 0 spiro atoms. The molecule has 0 saturated carbocycles. The number of likely N-dealkylation sites (tertiary alicyclic amines) is 1. The standard InChI is InChI=1S/C16H19BrN2O2/c1-16(2)7-13(15(20)21)19(9-16)8-12-14(17)10-5-3-4-6-11(10)18-12/h3-6,13,18H,7-9H2,1-2H3,(H,20,21). The summed E-state index contributed by atoms with van der Waals surface area (Å²) >= 11 is 3.64. The Balaban J connectivity index is 1.90. The molecular formula is C16H19BrN2O2. The van der Waals surface area contributed by atoms with Gasteiger partial charge in [-0.05, 0) is 33.8 Å². The van der Waals surface area contributed by atoms with Gasteiger partial charge in [0, 0.05) is 34.2 Å². The normalized spacial score (nSPS) is 22.0. The van der Waals surface area contributed by atoms with E-state index in [9.17, 15) is 9.90 Å². The number of hydrogen-bond acceptors (Lipinski definition) is 2. The molecular weight excluding hydrogens is 332 g/mol. The highest BCUT2D eigenvalue weighted by Crippen LogP contribution is 2.36. The van der Waals surface area contributed by atoms with Crippen molar-refractivity contribution in [1.29, 1.82) is 0 Å². The molecule has 1 unspecified atom stereocenters. The third-order valence-corrected chi connectivity index (χ3v) is 5.08. The Morgan fingerprint density at radius 1 is 1.48 bits per heavy atom. The molecule has 2 heterocycles. The van der Waals surface area contributed by atoms with Crippen molar-refractivity contribution in [1.82, 2.24) is 9.88 Å². The Hall–Kier alpha value is -1.33. The van der Waals surface area contributed by atoms with Gasteiger partial charge >= 0.3 is 5.97 Å². The van der Waals surface area contributed by atoms with Crippen LogP contribution in [0.1, 0.15) is 26.0 Å². The molecule has 2 aromatic rings.